The minimum atomic E-state index is -0.420. The number of hydrogen-bond donors (Lipinski definition) is 0. The second-order valence-electron chi connectivity index (χ2n) is 5.96. The number of nitrogens with zero attached hydrogens (tertiary/aromatic N) is 1. The highest BCUT2D eigenvalue weighted by molar-refractivity contribution is 5.89. The molecule has 1 amide bonds. The van der Waals surface area contributed by atoms with Crippen LogP contribution in [-0.2, 0) is 22.7 Å². The maximum Gasteiger partial charge on any atom is 0.255 e. The lowest BCUT2D eigenvalue weighted by atomic mass is 9.91. The molecule has 23 heavy (non-hydrogen) atoms. The van der Waals surface area contributed by atoms with E-state index in [9.17, 15) is 4.79 Å². The van der Waals surface area contributed by atoms with Crippen LogP contribution in [0.5, 0.6) is 0 Å². The first-order valence-electron chi connectivity index (χ1n) is 7.82. The average molecular weight is 307 g/mol. The van der Waals surface area contributed by atoms with E-state index in [1.165, 1.54) is 0 Å². The normalized spacial score (nSPS) is 20.2. The van der Waals surface area contributed by atoms with Crippen molar-refractivity contribution in [1.29, 1.82) is 0 Å². The van der Waals surface area contributed by atoms with Gasteiger partial charge in [0.05, 0.1) is 12.6 Å². The van der Waals surface area contributed by atoms with Gasteiger partial charge < -0.3 is 9.64 Å². The van der Waals surface area contributed by atoms with Crippen LogP contribution < -0.4 is 0 Å². The molecule has 3 nitrogen and oxygen atoms in total. The van der Waals surface area contributed by atoms with Crippen molar-refractivity contribution in [2.75, 3.05) is 0 Å². The Bertz CT molecular complexity index is 681. The third-order valence-corrected chi connectivity index (χ3v) is 4.12. The van der Waals surface area contributed by atoms with Gasteiger partial charge in [-0.2, -0.15) is 0 Å². The number of β-lactam (4-membered cyclic amide) rings is 1. The Balaban J connectivity index is 1.65. The van der Waals surface area contributed by atoms with Gasteiger partial charge in [-0.1, -0.05) is 72.8 Å². The van der Waals surface area contributed by atoms with Crippen molar-refractivity contribution in [3.63, 3.8) is 0 Å². The van der Waals surface area contributed by atoms with Crippen molar-refractivity contribution >= 4 is 5.91 Å². The SMILES string of the molecule is C=C(C)[C@@H]1[C@H](OCc2ccccc2)C(=O)N1Cc1ccccc1. The highest BCUT2D eigenvalue weighted by atomic mass is 16.5. The monoisotopic (exact) mass is 307 g/mol. The maximum atomic E-state index is 12.5. The Hall–Kier alpha value is -2.39. The fourth-order valence-electron chi connectivity index (χ4n) is 2.92. The Labute approximate surface area is 137 Å². The number of benzene rings is 2. The van der Waals surface area contributed by atoms with E-state index >= 15 is 0 Å². The van der Waals surface area contributed by atoms with Gasteiger partial charge in [-0.25, -0.2) is 0 Å². The van der Waals surface area contributed by atoms with Crippen LogP contribution in [0.2, 0.25) is 0 Å². The third-order valence-electron chi connectivity index (χ3n) is 4.12. The van der Waals surface area contributed by atoms with Gasteiger partial charge in [0.25, 0.3) is 5.91 Å². The summed E-state index contributed by atoms with van der Waals surface area (Å²) >= 11 is 0. The van der Waals surface area contributed by atoms with E-state index in [0.717, 1.165) is 16.7 Å². The van der Waals surface area contributed by atoms with Gasteiger partial charge >= 0.3 is 0 Å². The highest BCUT2D eigenvalue weighted by Crippen LogP contribution is 2.30. The first-order chi connectivity index (χ1) is 11.2. The van der Waals surface area contributed by atoms with Crippen molar-refractivity contribution in [2.45, 2.75) is 32.2 Å². The Morgan fingerprint density at radius 1 is 1.04 bits per heavy atom. The summed E-state index contributed by atoms with van der Waals surface area (Å²) in [4.78, 5) is 14.3. The summed E-state index contributed by atoms with van der Waals surface area (Å²) in [5.74, 6) is 0.0396. The number of ether oxygens (including phenoxy) is 1. The molecule has 0 aromatic heterocycles. The summed E-state index contributed by atoms with van der Waals surface area (Å²) in [5.41, 5.74) is 3.15. The van der Waals surface area contributed by atoms with Gasteiger partial charge in [-0.3, -0.25) is 4.79 Å². The van der Waals surface area contributed by atoms with Crippen molar-refractivity contribution in [3.05, 3.63) is 83.9 Å². The predicted octanol–water partition coefficient (Wildman–Crippen LogP) is 3.56. The molecule has 1 heterocycles. The number of carbonyl (C=O) groups excluding carboxylic acids is 1. The molecule has 1 saturated heterocycles. The van der Waals surface area contributed by atoms with Crippen molar-refractivity contribution in [1.82, 2.24) is 4.90 Å². The van der Waals surface area contributed by atoms with Crippen LogP contribution in [0, 0.1) is 0 Å². The minimum absolute atomic E-state index is 0.0396. The summed E-state index contributed by atoms with van der Waals surface area (Å²) < 4.78 is 5.87. The predicted molar refractivity (Wildman–Crippen MR) is 90.6 cm³/mol. The Morgan fingerprint density at radius 2 is 1.61 bits per heavy atom. The van der Waals surface area contributed by atoms with Gasteiger partial charge in [0, 0.05) is 6.54 Å². The molecule has 118 valence electrons. The van der Waals surface area contributed by atoms with E-state index in [4.69, 9.17) is 4.74 Å². The van der Waals surface area contributed by atoms with E-state index in [-0.39, 0.29) is 11.9 Å². The number of rotatable bonds is 6. The molecule has 0 radical (unpaired) electrons. The molecule has 1 fully saturated rings. The molecule has 1 aliphatic heterocycles. The molecule has 0 aliphatic carbocycles. The van der Waals surface area contributed by atoms with Gasteiger partial charge in [0.2, 0.25) is 0 Å². The highest BCUT2D eigenvalue weighted by Gasteiger charge is 2.48. The average Bonchev–Trinajstić information content (AvgIpc) is 2.58. The summed E-state index contributed by atoms with van der Waals surface area (Å²) in [7, 11) is 0. The van der Waals surface area contributed by atoms with Crippen LogP contribution in [0.25, 0.3) is 0 Å². The van der Waals surface area contributed by atoms with Crippen LogP contribution in [0.1, 0.15) is 18.1 Å². The van der Waals surface area contributed by atoms with Gasteiger partial charge in [0.15, 0.2) is 6.10 Å². The fraction of sp³-hybridized carbons (Fsp3) is 0.250. The lowest BCUT2D eigenvalue weighted by Crippen LogP contribution is -2.65. The zero-order valence-corrected chi connectivity index (χ0v) is 13.3. The molecule has 3 heteroatoms. The molecule has 3 rings (SSSR count). The number of hydrogen-bond acceptors (Lipinski definition) is 2. The number of likely N-dealkylation sites (tertiary alicyclic amines) is 1. The van der Waals surface area contributed by atoms with Crippen LogP contribution >= 0.6 is 0 Å². The smallest absolute Gasteiger partial charge is 0.255 e. The standard InChI is InChI=1S/C20H21NO2/c1-15(2)18-19(23-14-17-11-7-4-8-12-17)20(22)21(18)13-16-9-5-3-6-10-16/h3-12,18-19H,1,13-14H2,2H3/t18-,19+/m1/s1. The van der Waals surface area contributed by atoms with Crippen LogP contribution in [0.4, 0.5) is 0 Å². The topological polar surface area (TPSA) is 29.5 Å². The summed E-state index contributed by atoms with van der Waals surface area (Å²) in [5, 5.41) is 0. The second-order valence-corrected chi connectivity index (χ2v) is 5.96. The van der Waals surface area contributed by atoms with Crippen LogP contribution in [-0.4, -0.2) is 23.0 Å². The summed E-state index contributed by atoms with van der Waals surface area (Å²) in [6.07, 6.45) is -0.420. The van der Waals surface area contributed by atoms with Crippen LogP contribution in [0.15, 0.2) is 72.8 Å². The van der Waals surface area contributed by atoms with Crippen molar-refractivity contribution in [3.8, 4) is 0 Å². The summed E-state index contributed by atoms with van der Waals surface area (Å²) in [6.45, 7) is 7.03. The first kappa shape index (κ1) is 15.5. The first-order valence-corrected chi connectivity index (χ1v) is 7.82. The Kier molecular flexibility index (Phi) is 4.58. The van der Waals surface area contributed by atoms with Crippen LogP contribution in [0.3, 0.4) is 0 Å². The van der Waals surface area contributed by atoms with E-state index < -0.39 is 6.10 Å². The molecule has 2 aromatic rings. The maximum absolute atomic E-state index is 12.5. The van der Waals surface area contributed by atoms with Gasteiger partial charge in [-0.05, 0) is 18.1 Å². The number of carbonyl (C=O) groups is 1. The van der Waals surface area contributed by atoms with E-state index in [1.54, 1.807) is 0 Å². The third kappa shape index (κ3) is 3.35. The molecule has 0 bridgehead atoms. The van der Waals surface area contributed by atoms with Gasteiger partial charge in [-0.15, -0.1) is 0 Å². The zero-order valence-electron chi connectivity index (χ0n) is 13.3. The quantitative estimate of drug-likeness (QED) is 0.603. The molecular weight excluding hydrogens is 286 g/mol. The minimum Gasteiger partial charge on any atom is -0.361 e. The molecule has 0 spiro atoms. The molecule has 1 aliphatic rings. The van der Waals surface area contributed by atoms with E-state index in [0.29, 0.717) is 13.2 Å². The molecule has 2 aromatic carbocycles. The molecule has 0 unspecified atom stereocenters. The lowest BCUT2D eigenvalue weighted by molar-refractivity contribution is -0.173. The molecule has 0 saturated carbocycles. The number of amides is 1. The lowest BCUT2D eigenvalue weighted by Gasteiger charge is -2.47. The van der Waals surface area contributed by atoms with Crippen molar-refractivity contribution < 1.29 is 9.53 Å². The van der Waals surface area contributed by atoms with E-state index in [2.05, 4.69) is 6.58 Å². The zero-order chi connectivity index (χ0) is 16.2. The molecule has 2 atom stereocenters. The Morgan fingerprint density at radius 3 is 2.17 bits per heavy atom. The second kappa shape index (κ2) is 6.80. The summed E-state index contributed by atoms with van der Waals surface area (Å²) in [6, 6.07) is 19.9. The molecule has 0 N–H and O–H groups in total. The van der Waals surface area contributed by atoms with Crippen molar-refractivity contribution in [2.24, 2.45) is 0 Å². The molecular formula is C20H21NO2. The van der Waals surface area contributed by atoms with Gasteiger partial charge in [0.1, 0.15) is 0 Å². The largest absolute Gasteiger partial charge is 0.361 e. The fourth-order valence-corrected chi connectivity index (χ4v) is 2.92. The van der Waals surface area contributed by atoms with E-state index in [1.807, 2.05) is 72.5 Å².